The SMILES string of the molecule is CCCCCC/C=C\C/C=C\CCCCCCCCCC(=O)OC(COC(=O)CCCCCCCCC/C=C\CCCCCCCCC)COC1OC(COC2OC(CO)C(O)C(O)C2O)C(O)C(O)C1O. The first-order valence-electron chi connectivity index (χ1n) is 28.6. The van der Waals surface area contributed by atoms with E-state index in [1.807, 2.05) is 0 Å². The van der Waals surface area contributed by atoms with Gasteiger partial charge >= 0.3 is 11.9 Å². The Hall–Kier alpha value is -2.28. The third kappa shape index (κ3) is 30.9. The molecular formula is C57H102O15. The lowest BCUT2D eigenvalue weighted by Gasteiger charge is -2.42. The minimum atomic E-state index is -1.77. The van der Waals surface area contributed by atoms with E-state index in [9.17, 15) is 45.3 Å². The summed E-state index contributed by atoms with van der Waals surface area (Å²) in [6.45, 7) is 2.59. The second kappa shape index (κ2) is 43.9. The molecule has 15 heteroatoms. The van der Waals surface area contributed by atoms with Gasteiger partial charge in [-0.15, -0.1) is 0 Å². The molecule has 11 atom stereocenters. The molecule has 2 saturated heterocycles. The van der Waals surface area contributed by atoms with E-state index in [1.165, 1.54) is 109 Å². The highest BCUT2D eigenvalue weighted by atomic mass is 16.7. The van der Waals surface area contributed by atoms with Gasteiger partial charge in [0, 0.05) is 12.8 Å². The number of rotatable bonds is 45. The van der Waals surface area contributed by atoms with Crippen molar-refractivity contribution in [3.63, 3.8) is 0 Å². The van der Waals surface area contributed by atoms with Crippen molar-refractivity contribution in [2.45, 2.75) is 287 Å². The van der Waals surface area contributed by atoms with Gasteiger partial charge in [0.25, 0.3) is 0 Å². The Balaban J connectivity index is 1.77. The van der Waals surface area contributed by atoms with E-state index in [1.54, 1.807) is 0 Å². The summed E-state index contributed by atoms with van der Waals surface area (Å²) in [5.41, 5.74) is 0. The lowest BCUT2D eigenvalue weighted by Crippen LogP contribution is -2.61. The van der Waals surface area contributed by atoms with Crippen molar-refractivity contribution in [2.75, 3.05) is 26.4 Å². The first-order chi connectivity index (χ1) is 35.0. The van der Waals surface area contributed by atoms with Crippen LogP contribution in [0.25, 0.3) is 0 Å². The third-order valence-electron chi connectivity index (χ3n) is 13.6. The van der Waals surface area contributed by atoms with Crippen LogP contribution in [0, 0.1) is 0 Å². The van der Waals surface area contributed by atoms with Crippen LogP contribution in [0.3, 0.4) is 0 Å². The molecule has 72 heavy (non-hydrogen) atoms. The molecule has 420 valence electrons. The van der Waals surface area contributed by atoms with E-state index in [4.69, 9.17) is 28.4 Å². The number of aliphatic hydroxyl groups excluding tert-OH is 7. The summed E-state index contributed by atoms with van der Waals surface area (Å²) in [4.78, 5) is 25.9. The lowest BCUT2D eigenvalue weighted by atomic mass is 9.98. The molecule has 0 saturated carbocycles. The molecule has 0 aromatic heterocycles. The molecule has 2 aliphatic rings. The normalized spacial score (nSPS) is 25.2. The third-order valence-corrected chi connectivity index (χ3v) is 13.6. The van der Waals surface area contributed by atoms with Gasteiger partial charge in [-0.25, -0.2) is 0 Å². The molecule has 15 nitrogen and oxygen atoms in total. The number of carbonyl (C=O) groups excluding carboxylic acids is 2. The van der Waals surface area contributed by atoms with Gasteiger partial charge in [-0.2, -0.15) is 0 Å². The molecule has 2 fully saturated rings. The van der Waals surface area contributed by atoms with Crippen LogP contribution in [-0.4, -0.2) is 142 Å². The smallest absolute Gasteiger partial charge is 0.306 e. The molecule has 0 aromatic carbocycles. The Morgan fingerprint density at radius 2 is 0.833 bits per heavy atom. The fraction of sp³-hybridized carbons (Fsp3) is 0.860. The zero-order chi connectivity index (χ0) is 52.4. The van der Waals surface area contributed by atoms with Crippen LogP contribution in [0.4, 0.5) is 0 Å². The van der Waals surface area contributed by atoms with E-state index in [0.717, 1.165) is 70.6 Å². The van der Waals surface area contributed by atoms with Gasteiger partial charge in [-0.1, -0.05) is 172 Å². The average molecular weight is 1030 g/mol. The van der Waals surface area contributed by atoms with Crippen LogP contribution >= 0.6 is 0 Å². The van der Waals surface area contributed by atoms with Crippen LogP contribution in [0.15, 0.2) is 36.5 Å². The highest BCUT2D eigenvalue weighted by molar-refractivity contribution is 5.70. The maximum atomic E-state index is 13.1. The van der Waals surface area contributed by atoms with Gasteiger partial charge in [-0.3, -0.25) is 9.59 Å². The molecule has 2 heterocycles. The summed E-state index contributed by atoms with van der Waals surface area (Å²) in [7, 11) is 0. The van der Waals surface area contributed by atoms with E-state index in [2.05, 4.69) is 50.3 Å². The van der Waals surface area contributed by atoms with E-state index in [0.29, 0.717) is 12.8 Å². The first kappa shape index (κ1) is 65.8. The monoisotopic (exact) mass is 1030 g/mol. The molecule has 0 amide bonds. The molecule has 7 N–H and O–H groups in total. The predicted octanol–water partition coefficient (Wildman–Crippen LogP) is 9.27. The number of hydrogen-bond acceptors (Lipinski definition) is 15. The van der Waals surface area contributed by atoms with Crippen molar-refractivity contribution in [3.8, 4) is 0 Å². The maximum absolute atomic E-state index is 13.1. The Morgan fingerprint density at radius 3 is 1.32 bits per heavy atom. The number of hydrogen-bond donors (Lipinski definition) is 7. The lowest BCUT2D eigenvalue weighted by molar-refractivity contribution is -0.332. The zero-order valence-corrected chi connectivity index (χ0v) is 44.7. The largest absolute Gasteiger partial charge is 0.462 e. The van der Waals surface area contributed by atoms with Crippen molar-refractivity contribution in [1.82, 2.24) is 0 Å². The molecule has 2 aliphatic heterocycles. The predicted molar refractivity (Wildman–Crippen MR) is 280 cm³/mol. The van der Waals surface area contributed by atoms with Gasteiger partial charge in [0.1, 0.15) is 55.4 Å². The Kier molecular flexibility index (Phi) is 40.1. The van der Waals surface area contributed by atoms with Crippen LogP contribution in [-0.2, 0) is 38.0 Å². The van der Waals surface area contributed by atoms with E-state index < -0.39 is 92.7 Å². The Morgan fingerprint density at radius 1 is 0.444 bits per heavy atom. The zero-order valence-electron chi connectivity index (χ0n) is 44.7. The Bertz CT molecular complexity index is 1390. The minimum absolute atomic E-state index is 0.156. The molecule has 0 aliphatic carbocycles. The molecule has 0 aromatic rings. The molecule has 2 rings (SSSR count). The summed E-state index contributed by atoms with van der Waals surface area (Å²) in [5.74, 6) is -0.933. The highest BCUT2D eigenvalue weighted by Crippen LogP contribution is 2.27. The van der Waals surface area contributed by atoms with Crippen LogP contribution in [0.1, 0.15) is 219 Å². The average Bonchev–Trinajstić information content (AvgIpc) is 3.37. The quantitative estimate of drug-likeness (QED) is 0.0171. The summed E-state index contributed by atoms with van der Waals surface area (Å²) in [6.07, 6.45) is 31.6. The summed E-state index contributed by atoms with van der Waals surface area (Å²) < 4.78 is 33.7. The molecule has 0 bridgehead atoms. The molecule has 0 radical (unpaired) electrons. The number of carbonyl (C=O) groups is 2. The standard InChI is InChI=1S/C57H102O15/c1-3-5-7-9-11-13-15-17-19-21-23-25-27-29-31-33-35-37-39-48(59)67-42-45(70-49(60)40-38-36-34-32-30-28-26-24-22-20-18-16-14-12-10-8-6-4-2)43-68-56-55(66)53(64)51(62)47(72-56)44-69-57-54(65)52(63)50(61)46(41-58)71-57/h14,16,19-22,45-47,50-58,61-66H,3-13,15,17-18,23-44H2,1-2H3/b16-14-,21-19-,22-20-. The summed E-state index contributed by atoms with van der Waals surface area (Å²) in [6, 6.07) is 0. The highest BCUT2D eigenvalue weighted by Gasteiger charge is 2.47. The summed E-state index contributed by atoms with van der Waals surface area (Å²) in [5, 5.41) is 72.2. The molecular weight excluding hydrogens is 925 g/mol. The van der Waals surface area contributed by atoms with E-state index in [-0.39, 0.29) is 26.1 Å². The van der Waals surface area contributed by atoms with E-state index >= 15 is 0 Å². The fourth-order valence-electron chi connectivity index (χ4n) is 8.89. The number of ether oxygens (including phenoxy) is 6. The van der Waals surface area contributed by atoms with Crippen molar-refractivity contribution in [1.29, 1.82) is 0 Å². The van der Waals surface area contributed by atoms with Crippen molar-refractivity contribution in [3.05, 3.63) is 36.5 Å². The van der Waals surface area contributed by atoms with Crippen LogP contribution in [0.5, 0.6) is 0 Å². The number of allylic oxidation sites excluding steroid dienone is 6. The van der Waals surface area contributed by atoms with Crippen molar-refractivity contribution >= 4 is 11.9 Å². The van der Waals surface area contributed by atoms with Gasteiger partial charge in [-0.05, 0) is 70.6 Å². The van der Waals surface area contributed by atoms with Gasteiger partial charge in [0.2, 0.25) is 0 Å². The topological polar surface area (TPSA) is 231 Å². The van der Waals surface area contributed by atoms with Crippen LogP contribution in [0.2, 0.25) is 0 Å². The van der Waals surface area contributed by atoms with Crippen molar-refractivity contribution in [2.24, 2.45) is 0 Å². The number of aliphatic hydroxyl groups is 7. The van der Waals surface area contributed by atoms with Gasteiger partial charge in [0.15, 0.2) is 18.7 Å². The maximum Gasteiger partial charge on any atom is 0.306 e. The summed E-state index contributed by atoms with van der Waals surface area (Å²) >= 11 is 0. The number of esters is 2. The van der Waals surface area contributed by atoms with Crippen LogP contribution < -0.4 is 0 Å². The second-order valence-electron chi connectivity index (χ2n) is 20.1. The van der Waals surface area contributed by atoms with Gasteiger partial charge in [0.05, 0.1) is 19.8 Å². The number of unbranched alkanes of at least 4 members (excludes halogenated alkanes) is 25. The minimum Gasteiger partial charge on any atom is -0.462 e. The van der Waals surface area contributed by atoms with Crippen molar-refractivity contribution < 1.29 is 73.8 Å². The first-order valence-corrected chi connectivity index (χ1v) is 28.6. The molecule has 0 spiro atoms. The molecule has 11 unspecified atom stereocenters. The fourth-order valence-corrected chi connectivity index (χ4v) is 8.89. The second-order valence-corrected chi connectivity index (χ2v) is 20.1. The Labute approximate surface area is 434 Å². The van der Waals surface area contributed by atoms with Gasteiger partial charge < -0.3 is 64.2 Å².